The molecule has 28 heavy (non-hydrogen) atoms. The van der Waals surface area contributed by atoms with E-state index in [9.17, 15) is 9.59 Å². The summed E-state index contributed by atoms with van der Waals surface area (Å²) in [6.07, 6.45) is 3.97. The number of nitrogens with zero attached hydrogens (tertiary/aromatic N) is 3. The Kier molecular flexibility index (Phi) is 5.25. The second-order valence-electron chi connectivity index (χ2n) is 6.79. The van der Waals surface area contributed by atoms with Crippen LogP contribution in [-0.4, -0.2) is 26.5 Å². The summed E-state index contributed by atoms with van der Waals surface area (Å²) >= 11 is 1.39. The molecule has 0 spiro atoms. The van der Waals surface area contributed by atoms with Gasteiger partial charge in [-0.1, -0.05) is 54.2 Å². The summed E-state index contributed by atoms with van der Waals surface area (Å²) in [5.74, 6) is -0.204. The van der Waals surface area contributed by atoms with Gasteiger partial charge in [-0.2, -0.15) is 0 Å². The number of benzene rings is 2. The van der Waals surface area contributed by atoms with Gasteiger partial charge in [-0.3, -0.25) is 9.59 Å². The smallest absolute Gasteiger partial charge is 0.242 e. The predicted octanol–water partition coefficient (Wildman–Crippen LogP) is 4.29. The zero-order valence-corrected chi connectivity index (χ0v) is 16.2. The Morgan fingerprint density at radius 2 is 1.93 bits per heavy atom. The van der Waals surface area contributed by atoms with Crippen molar-refractivity contribution < 1.29 is 9.59 Å². The minimum atomic E-state index is -0.483. The maximum absolute atomic E-state index is 13.1. The SMILES string of the molecule is CC(=O)c1cccc(NC(=O)[C@H](Sc2nncn2C2CC2)c2ccccc2)c1. The summed E-state index contributed by atoms with van der Waals surface area (Å²) in [4.78, 5) is 24.8. The van der Waals surface area contributed by atoms with Crippen LogP contribution >= 0.6 is 11.8 Å². The lowest BCUT2D eigenvalue weighted by atomic mass is 10.1. The fraction of sp³-hybridized carbons (Fsp3) is 0.238. The summed E-state index contributed by atoms with van der Waals surface area (Å²) in [7, 11) is 0. The number of carbonyl (C=O) groups is 2. The second kappa shape index (κ2) is 7.98. The number of thioether (sulfide) groups is 1. The average Bonchev–Trinajstić information content (AvgIpc) is 3.45. The molecule has 4 rings (SSSR count). The van der Waals surface area contributed by atoms with Crippen molar-refractivity contribution in [2.24, 2.45) is 0 Å². The number of rotatable bonds is 7. The van der Waals surface area contributed by atoms with Crippen molar-refractivity contribution in [3.05, 3.63) is 72.1 Å². The van der Waals surface area contributed by atoms with Crippen LogP contribution in [0.25, 0.3) is 0 Å². The van der Waals surface area contributed by atoms with Gasteiger partial charge in [0.2, 0.25) is 5.91 Å². The molecular weight excluding hydrogens is 372 g/mol. The van der Waals surface area contributed by atoms with Crippen molar-refractivity contribution in [3.63, 3.8) is 0 Å². The molecule has 142 valence electrons. The lowest BCUT2D eigenvalue weighted by Gasteiger charge is -2.17. The summed E-state index contributed by atoms with van der Waals surface area (Å²) in [5, 5.41) is 11.4. The largest absolute Gasteiger partial charge is 0.325 e. The number of ketones is 1. The van der Waals surface area contributed by atoms with Crippen LogP contribution in [-0.2, 0) is 4.79 Å². The third-order valence-corrected chi connectivity index (χ3v) is 5.81. The molecule has 1 aromatic heterocycles. The maximum Gasteiger partial charge on any atom is 0.242 e. The third-order valence-electron chi connectivity index (χ3n) is 4.58. The van der Waals surface area contributed by atoms with Gasteiger partial charge in [0.25, 0.3) is 0 Å². The van der Waals surface area contributed by atoms with Gasteiger partial charge in [-0.25, -0.2) is 0 Å². The van der Waals surface area contributed by atoms with Gasteiger partial charge in [0.1, 0.15) is 11.6 Å². The number of Topliss-reactive ketones (excluding diaryl/α,β-unsaturated/α-hetero) is 1. The van der Waals surface area contributed by atoms with Crippen molar-refractivity contribution in [3.8, 4) is 0 Å². The van der Waals surface area contributed by atoms with Crippen LogP contribution in [0.1, 0.15) is 47.0 Å². The molecule has 6 nitrogen and oxygen atoms in total. The Hall–Kier alpha value is -2.93. The van der Waals surface area contributed by atoms with Crippen LogP contribution in [0, 0.1) is 0 Å². The molecule has 1 heterocycles. The molecule has 1 aliphatic rings. The summed E-state index contributed by atoms with van der Waals surface area (Å²) in [6, 6.07) is 17.0. The number of amides is 1. The maximum atomic E-state index is 13.1. The van der Waals surface area contributed by atoms with Gasteiger partial charge in [0.05, 0.1) is 0 Å². The van der Waals surface area contributed by atoms with E-state index in [2.05, 4.69) is 15.5 Å². The molecule has 0 unspecified atom stereocenters. The van der Waals surface area contributed by atoms with E-state index in [0.717, 1.165) is 23.6 Å². The van der Waals surface area contributed by atoms with E-state index in [0.29, 0.717) is 17.3 Å². The van der Waals surface area contributed by atoms with E-state index >= 15 is 0 Å². The topological polar surface area (TPSA) is 76.9 Å². The quantitative estimate of drug-likeness (QED) is 0.479. The van der Waals surface area contributed by atoms with Gasteiger partial charge >= 0.3 is 0 Å². The van der Waals surface area contributed by atoms with Crippen LogP contribution in [0.5, 0.6) is 0 Å². The first-order valence-electron chi connectivity index (χ1n) is 9.15. The number of carbonyl (C=O) groups excluding carboxylic acids is 2. The van der Waals surface area contributed by atoms with Crippen molar-refractivity contribution in [1.82, 2.24) is 14.8 Å². The zero-order chi connectivity index (χ0) is 19.5. The predicted molar refractivity (Wildman–Crippen MR) is 108 cm³/mol. The van der Waals surface area contributed by atoms with E-state index in [1.165, 1.54) is 18.7 Å². The number of aromatic nitrogens is 3. The summed E-state index contributed by atoms with van der Waals surface area (Å²) < 4.78 is 2.05. The van der Waals surface area contributed by atoms with Gasteiger partial charge in [0.15, 0.2) is 10.9 Å². The van der Waals surface area contributed by atoms with Gasteiger partial charge < -0.3 is 9.88 Å². The summed E-state index contributed by atoms with van der Waals surface area (Å²) in [6.45, 7) is 1.51. The van der Waals surface area contributed by atoms with Crippen LogP contribution in [0.15, 0.2) is 66.1 Å². The average molecular weight is 392 g/mol. The Labute approximate surface area is 167 Å². The minimum Gasteiger partial charge on any atom is -0.325 e. The molecule has 0 bridgehead atoms. The van der Waals surface area contributed by atoms with Gasteiger partial charge in [-0.15, -0.1) is 10.2 Å². The van der Waals surface area contributed by atoms with Crippen molar-refractivity contribution >= 4 is 29.1 Å². The number of nitrogens with one attached hydrogen (secondary N) is 1. The Morgan fingerprint density at radius 3 is 2.64 bits per heavy atom. The first-order chi connectivity index (χ1) is 13.6. The van der Waals surface area contributed by atoms with Crippen LogP contribution < -0.4 is 5.32 Å². The Balaban J connectivity index is 1.60. The molecule has 1 saturated carbocycles. The lowest BCUT2D eigenvalue weighted by Crippen LogP contribution is -2.19. The third kappa shape index (κ3) is 4.14. The Bertz CT molecular complexity index is 998. The zero-order valence-electron chi connectivity index (χ0n) is 15.4. The van der Waals surface area contributed by atoms with Gasteiger partial charge in [-0.05, 0) is 37.5 Å². The molecule has 1 atom stereocenters. The van der Waals surface area contributed by atoms with Gasteiger partial charge in [0, 0.05) is 17.3 Å². The van der Waals surface area contributed by atoms with Crippen LogP contribution in [0.3, 0.4) is 0 Å². The monoisotopic (exact) mass is 392 g/mol. The number of hydrogen-bond acceptors (Lipinski definition) is 5. The number of hydrogen-bond donors (Lipinski definition) is 1. The van der Waals surface area contributed by atoms with E-state index in [-0.39, 0.29) is 11.7 Å². The van der Waals surface area contributed by atoms with Crippen LogP contribution in [0.4, 0.5) is 5.69 Å². The molecule has 1 N–H and O–H groups in total. The van der Waals surface area contributed by atoms with E-state index < -0.39 is 5.25 Å². The Morgan fingerprint density at radius 1 is 1.14 bits per heavy atom. The fourth-order valence-electron chi connectivity index (χ4n) is 2.95. The molecule has 7 heteroatoms. The van der Waals surface area contributed by atoms with Crippen molar-refractivity contribution in [2.45, 2.75) is 36.2 Å². The molecule has 1 aliphatic carbocycles. The van der Waals surface area contributed by atoms with Crippen LogP contribution in [0.2, 0.25) is 0 Å². The van der Waals surface area contributed by atoms with Crippen molar-refractivity contribution in [1.29, 1.82) is 0 Å². The highest BCUT2D eigenvalue weighted by molar-refractivity contribution is 8.00. The highest BCUT2D eigenvalue weighted by Crippen LogP contribution is 2.41. The highest BCUT2D eigenvalue weighted by atomic mass is 32.2. The molecule has 3 aromatic rings. The van der Waals surface area contributed by atoms with Crippen molar-refractivity contribution in [2.75, 3.05) is 5.32 Å². The normalized spacial score (nSPS) is 14.5. The minimum absolute atomic E-state index is 0.0392. The summed E-state index contributed by atoms with van der Waals surface area (Å²) in [5.41, 5.74) is 2.05. The molecule has 2 aromatic carbocycles. The fourth-order valence-corrected chi connectivity index (χ4v) is 4.03. The first-order valence-corrected chi connectivity index (χ1v) is 10.0. The van der Waals surface area contributed by atoms with E-state index in [1.54, 1.807) is 30.6 Å². The van der Waals surface area contributed by atoms with E-state index in [1.807, 2.05) is 34.9 Å². The molecule has 0 radical (unpaired) electrons. The highest BCUT2D eigenvalue weighted by Gasteiger charge is 2.30. The molecule has 1 fully saturated rings. The standard InChI is InChI=1S/C21H20N4O2S/c1-14(26)16-8-5-9-17(12-16)23-20(27)19(15-6-3-2-4-7-15)28-21-24-22-13-25(21)18-10-11-18/h2-9,12-13,18-19H,10-11H2,1H3,(H,23,27)/t19-/m1/s1. The first kappa shape index (κ1) is 18.4. The molecule has 0 saturated heterocycles. The molecule has 1 amide bonds. The lowest BCUT2D eigenvalue weighted by molar-refractivity contribution is -0.115. The molecular formula is C21H20N4O2S. The second-order valence-corrected chi connectivity index (χ2v) is 7.86. The number of anilines is 1. The molecule has 0 aliphatic heterocycles. The van der Waals surface area contributed by atoms with E-state index in [4.69, 9.17) is 0 Å².